The molecule has 0 N–H and O–H groups in total. The number of hydrogen-bond acceptors (Lipinski definition) is 6. The zero-order chi connectivity index (χ0) is 23.4. The molecule has 172 valence electrons. The van der Waals surface area contributed by atoms with Crippen molar-refractivity contribution in [1.29, 1.82) is 0 Å². The maximum absolute atomic E-state index is 12.7. The summed E-state index contributed by atoms with van der Waals surface area (Å²) in [4.78, 5) is 1.91. The number of halogens is 2. The first-order chi connectivity index (χ1) is 15.9. The Morgan fingerprint density at radius 2 is 1.79 bits per heavy atom. The van der Waals surface area contributed by atoms with Gasteiger partial charge in [-0.15, -0.1) is 10.2 Å². The van der Waals surface area contributed by atoms with Gasteiger partial charge in [-0.1, -0.05) is 18.2 Å². The van der Waals surface area contributed by atoms with E-state index in [1.54, 1.807) is 29.1 Å². The predicted molar refractivity (Wildman–Crippen MR) is 119 cm³/mol. The Balaban J connectivity index is 1.51. The second-order valence-corrected chi connectivity index (χ2v) is 7.47. The lowest BCUT2D eigenvalue weighted by molar-refractivity contribution is -0.0512. The van der Waals surface area contributed by atoms with E-state index in [0.29, 0.717) is 19.0 Å². The van der Waals surface area contributed by atoms with Crippen LogP contribution in [0, 0.1) is 6.92 Å². The fourth-order valence-electron chi connectivity index (χ4n) is 3.55. The summed E-state index contributed by atoms with van der Waals surface area (Å²) in [5, 5.41) is 12.8. The average Bonchev–Trinajstić information content (AvgIpc) is 3.45. The molecule has 2 aromatic carbocycles. The molecular formula is C23H24F2N6O2. The van der Waals surface area contributed by atoms with Crippen molar-refractivity contribution in [3.63, 3.8) is 0 Å². The fourth-order valence-corrected chi connectivity index (χ4v) is 3.55. The molecule has 4 rings (SSSR count). The van der Waals surface area contributed by atoms with Gasteiger partial charge in [0.25, 0.3) is 0 Å². The summed E-state index contributed by atoms with van der Waals surface area (Å²) >= 11 is 0. The molecule has 0 saturated carbocycles. The molecule has 0 amide bonds. The van der Waals surface area contributed by atoms with Crippen LogP contribution in [0.3, 0.4) is 0 Å². The number of anilines is 1. The number of aryl methyl sites for hydroxylation is 1. The zero-order valence-corrected chi connectivity index (χ0v) is 18.5. The number of ether oxygens (including phenoxy) is 2. The number of benzene rings is 2. The molecule has 0 aliphatic carbocycles. The van der Waals surface area contributed by atoms with Gasteiger partial charge in [0.05, 0.1) is 19.3 Å². The summed E-state index contributed by atoms with van der Waals surface area (Å²) in [5.41, 5.74) is 2.83. The molecular weight excluding hydrogens is 430 g/mol. The molecule has 33 heavy (non-hydrogen) atoms. The average molecular weight is 454 g/mol. The fraction of sp³-hybridized carbons (Fsp3) is 0.261. The zero-order valence-electron chi connectivity index (χ0n) is 18.5. The predicted octanol–water partition coefficient (Wildman–Crippen LogP) is 4.07. The second-order valence-electron chi connectivity index (χ2n) is 7.47. The summed E-state index contributed by atoms with van der Waals surface area (Å²) in [6.07, 6.45) is 3.63. The summed E-state index contributed by atoms with van der Waals surface area (Å²) in [6, 6.07) is 14.9. The molecule has 0 radical (unpaired) electrons. The lowest BCUT2D eigenvalue weighted by Gasteiger charge is -2.20. The topological polar surface area (TPSA) is 70.2 Å². The summed E-state index contributed by atoms with van der Waals surface area (Å²) in [7, 11) is 3.28. The first kappa shape index (κ1) is 22.3. The van der Waals surface area contributed by atoms with Crippen LogP contribution in [-0.2, 0) is 13.1 Å². The number of aromatic nitrogens is 5. The van der Waals surface area contributed by atoms with Gasteiger partial charge in [0.15, 0.2) is 11.5 Å². The molecule has 8 nitrogen and oxygen atoms in total. The third-order valence-corrected chi connectivity index (χ3v) is 5.17. The molecule has 0 fully saturated rings. The minimum atomic E-state index is -2.93. The van der Waals surface area contributed by atoms with Crippen LogP contribution in [0.15, 0.2) is 60.9 Å². The quantitative estimate of drug-likeness (QED) is 0.380. The Bertz CT molecular complexity index is 1190. The van der Waals surface area contributed by atoms with E-state index in [0.717, 1.165) is 22.6 Å². The highest BCUT2D eigenvalue weighted by Gasteiger charge is 2.16. The largest absolute Gasteiger partial charge is 0.493 e. The van der Waals surface area contributed by atoms with Gasteiger partial charge in [-0.05, 0) is 48.4 Å². The molecule has 0 aliphatic heterocycles. The van der Waals surface area contributed by atoms with Gasteiger partial charge in [0.1, 0.15) is 5.82 Å². The third-order valence-electron chi connectivity index (χ3n) is 5.17. The van der Waals surface area contributed by atoms with Crippen molar-refractivity contribution in [3.8, 4) is 17.2 Å². The summed E-state index contributed by atoms with van der Waals surface area (Å²) < 4.78 is 39.0. The highest BCUT2D eigenvalue weighted by Crippen LogP contribution is 2.30. The Morgan fingerprint density at radius 3 is 2.45 bits per heavy atom. The Kier molecular flexibility index (Phi) is 6.53. The van der Waals surface area contributed by atoms with Gasteiger partial charge in [-0.2, -0.15) is 13.9 Å². The molecule has 0 atom stereocenters. The number of alkyl halides is 2. The highest BCUT2D eigenvalue weighted by molar-refractivity contribution is 5.44. The van der Waals surface area contributed by atoms with E-state index < -0.39 is 6.61 Å². The van der Waals surface area contributed by atoms with Crippen molar-refractivity contribution in [3.05, 3.63) is 77.9 Å². The molecule has 0 unspecified atom stereocenters. The number of nitrogens with zero attached hydrogens (tertiary/aromatic N) is 6. The summed E-state index contributed by atoms with van der Waals surface area (Å²) in [5.74, 6) is 1.67. The van der Waals surface area contributed by atoms with Crippen LogP contribution >= 0.6 is 0 Å². The highest BCUT2D eigenvalue weighted by atomic mass is 19.3. The van der Waals surface area contributed by atoms with Crippen LogP contribution < -0.4 is 14.4 Å². The second kappa shape index (κ2) is 9.68. The van der Waals surface area contributed by atoms with Crippen LogP contribution in [0.5, 0.6) is 11.5 Å². The summed E-state index contributed by atoms with van der Waals surface area (Å²) in [6.45, 7) is -0.0396. The molecule has 0 bridgehead atoms. The van der Waals surface area contributed by atoms with Gasteiger partial charge >= 0.3 is 6.61 Å². The van der Waals surface area contributed by atoms with E-state index in [-0.39, 0.29) is 11.5 Å². The van der Waals surface area contributed by atoms with E-state index in [1.165, 1.54) is 7.11 Å². The minimum Gasteiger partial charge on any atom is -0.493 e. The van der Waals surface area contributed by atoms with E-state index in [9.17, 15) is 8.78 Å². The van der Waals surface area contributed by atoms with Crippen molar-refractivity contribution in [2.45, 2.75) is 26.6 Å². The van der Waals surface area contributed by atoms with E-state index in [4.69, 9.17) is 4.74 Å². The van der Waals surface area contributed by atoms with Crippen LogP contribution in [-0.4, -0.2) is 45.3 Å². The molecule has 0 aliphatic rings. The van der Waals surface area contributed by atoms with Crippen molar-refractivity contribution in [2.75, 3.05) is 19.1 Å². The van der Waals surface area contributed by atoms with Gasteiger partial charge in [-0.25, -0.2) is 4.68 Å². The Morgan fingerprint density at radius 1 is 1.03 bits per heavy atom. The molecule has 10 heteroatoms. The third kappa shape index (κ3) is 5.11. The van der Waals surface area contributed by atoms with Gasteiger partial charge < -0.3 is 14.4 Å². The standard InChI is InChI=1S/C23H24F2N6O2/c1-16-27-28-23(29(2)14-18-7-10-20(32-3)21(13-18)33-22(24)25)30(16)15-17-5-8-19(9-6-17)31-12-4-11-26-31/h4-13,22H,14-15H2,1-3H3. The lowest BCUT2D eigenvalue weighted by Crippen LogP contribution is -2.21. The van der Waals surface area contributed by atoms with Gasteiger partial charge in [0, 0.05) is 26.0 Å². The maximum Gasteiger partial charge on any atom is 0.387 e. The number of hydrogen-bond donors (Lipinski definition) is 0. The van der Waals surface area contributed by atoms with E-state index in [2.05, 4.69) is 20.0 Å². The van der Waals surface area contributed by atoms with Crippen molar-refractivity contribution < 1.29 is 18.3 Å². The molecule has 2 aromatic heterocycles. The van der Waals surface area contributed by atoms with Gasteiger partial charge in [0.2, 0.25) is 5.95 Å². The monoisotopic (exact) mass is 454 g/mol. The van der Waals surface area contributed by atoms with Crippen LogP contribution in [0.25, 0.3) is 5.69 Å². The van der Waals surface area contributed by atoms with Crippen LogP contribution in [0.2, 0.25) is 0 Å². The molecule has 0 spiro atoms. The number of methoxy groups -OCH3 is 1. The van der Waals surface area contributed by atoms with Crippen molar-refractivity contribution in [1.82, 2.24) is 24.5 Å². The normalized spacial score (nSPS) is 11.1. The van der Waals surface area contributed by atoms with E-state index in [1.807, 2.05) is 60.0 Å². The van der Waals surface area contributed by atoms with E-state index >= 15 is 0 Å². The van der Waals surface area contributed by atoms with Crippen LogP contribution in [0.4, 0.5) is 14.7 Å². The lowest BCUT2D eigenvalue weighted by atomic mass is 10.2. The minimum absolute atomic E-state index is 0.00619. The van der Waals surface area contributed by atoms with Gasteiger partial charge in [-0.3, -0.25) is 4.57 Å². The van der Waals surface area contributed by atoms with Crippen molar-refractivity contribution in [2.24, 2.45) is 0 Å². The number of rotatable bonds is 9. The van der Waals surface area contributed by atoms with Crippen molar-refractivity contribution >= 4 is 5.95 Å². The Hall–Kier alpha value is -3.95. The molecule has 0 saturated heterocycles. The molecule has 2 heterocycles. The Labute approximate surface area is 190 Å². The van der Waals surface area contributed by atoms with Crippen LogP contribution in [0.1, 0.15) is 17.0 Å². The first-order valence-electron chi connectivity index (χ1n) is 10.3. The molecule has 4 aromatic rings. The SMILES string of the molecule is COc1ccc(CN(C)c2nnc(C)n2Cc2ccc(-n3cccn3)cc2)cc1OC(F)F. The smallest absolute Gasteiger partial charge is 0.387 e. The first-order valence-corrected chi connectivity index (χ1v) is 10.3. The maximum atomic E-state index is 12.7.